The number of nitrogens with two attached hydrogens (primary N) is 1. The molecule has 62 valence electrons. The molecule has 0 unspecified atom stereocenters. The van der Waals surface area contributed by atoms with Crippen LogP contribution < -0.4 is 5.73 Å². The molecule has 0 saturated carbocycles. The van der Waals surface area contributed by atoms with Crippen molar-refractivity contribution in [3.05, 3.63) is 0 Å². The van der Waals surface area contributed by atoms with Crippen LogP contribution in [0.3, 0.4) is 0 Å². The summed E-state index contributed by atoms with van der Waals surface area (Å²) in [4.78, 5) is 0. The molecule has 0 aliphatic carbocycles. The second-order valence-corrected chi connectivity index (χ2v) is 3.73. The van der Waals surface area contributed by atoms with Crippen LogP contribution >= 0.6 is 0 Å². The van der Waals surface area contributed by atoms with Crippen molar-refractivity contribution in [2.45, 2.75) is 33.8 Å². The van der Waals surface area contributed by atoms with Gasteiger partial charge in [0.05, 0.1) is 12.7 Å². The highest BCUT2D eigenvalue weighted by molar-refractivity contribution is 4.68. The smallest absolute Gasteiger partial charge is 0.0532 e. The van der Waals surface area contributed by atoms with Crippen molar-refractivity contribution in [1.29, 1.82) is 0 Å². The van der Waals surface area contributed by atoms with E-state index in [0.29, 0.717) is 12.6 Å². The lowest BCUT2D eigenvalue weighted by atomic mass is 9.95. The molecule has 0 spiro atoms. The molecule has 0 aromatic rings. The summed E-state index contributed by atoms with van der Waals surface area (Å²) >= 11 is 0. The molecular formula is C8H19NO. The number of hydrogen-bond donors (Lipinski definition) is 1. The second-order valence-electron chi connectivity index (χ2n) is 3.73. The average Bonchev–Trinajstić information content (AvgIpc) is 1.85. The standard InChI is InChI=1S/C8H19NO/c1-7(2)10-6-8(3,4)5-9/h7H,5-6,9H2,1-4H3. The molecule has 0 amide bonds. The van der Waals surface area contributed by atoms with Crippen molar-refractivity contribution in [1.82, 2.24) is 0 Å². The van der Waals surface area contributed by atoms with E-state index in [0.717, 1.165) is 6.61 Å². The van der Waals surface area contributed by atoms with Crippen LogP contribution in [0.4, 0.5) is 0 Å². The molecule has 0 radical (unpaired) electrons. The molecule has 0 aliphatic heterocycles. The van der Waals surface area contributed by atoms with E-state index in [1.54, 1.807) is 0 Å². The largest absolute Gasteiger partial charge is 0.378 e. The van der Waals surface area contributed by atoms with E-state index < -0.39 is 0 Å². The van der Waals surface area contributed by atoms with Crippen molar-refractivity contribution in [2.24, 2.45) is 11.1 Å². The highest BCUT2D eigenvalue weighted by Gasteiger charge is 2.15. The first-order chi connectivity index (χ1) is 4.48. The van der Waals surface area contributed by atoms with E-state index in [2.05, 4.69) is 13.8 Å². The molecule has 0 aliphatic rings. The molecule has 0 heterocycles. The fourth-order valence-electron chi connectivity index (χ4n) is 0.451. The van der Waals surface area contributed by atoms with Crippen LogP contribution in [0.2, 0.25) is 0 Å². The van der Waals surface area contributed by atoms with Crippen LogP contribution in [0.5, 0.6) is 0 Å². The third-order valence-electron chi connectivity index (χ3n) is 1.36. The van der Waals surface area contributed by atoms with E-state index >= 15 is 0 Å². The van der Waals surface area contributed by atoms with Crippen LogP contribution in [0.15, 0.2) is 0 Å². The Bertz CT molecular complexity index is 89.3. The van der Waals surface area contributed by atoms with Gasteiger partial charge in [0.2, 0.25) is 0 Å². The van der Waals surface area contributed by atoms with Gasteiger partial charge in [-0.25, -0.2) is 0 Å². The summed E-state index contributed by atoms with van der Waals surface area (Å²) in [5.41, 5.74) is 5.64. The Balaban J connectivity index is 3.46. The Labute approximate surface area is 63.7 Å². The van der Waals surface area contributed by atoms with Crippen LogP contribution in [0.25, 0.3) is 0 Å². The van der Waals surface area contributed by atoms with Gasteiger partial charge in [0.15, 0.2) is 0 Å². The molecule has 0 aromatic heterocycles. The predicted octanol–water partition coefficient (Wildman–Crippen LogP) is 1.40. The molecule has 0 rings (SSSR count). The van der Waals surface area contributed by atoms with Gasteiger partial charge in [-0.1, -0.05) is 13.8 Å². The van der Waals surface area contributed by atoms with Gasteiger partial charge in [0, 0.05) is 5.41 Å². The van der Waals surface area contributed by atoms with Gasteiger partial charge in [-0.15, -0.1) is 0 Å². The Morgan fingerprint density at radius 1 is 1.40 bits per heavy atom. The molecule has 0 bridgehead atoms. The average molecular weight is 145 g/mol. The minimum Gasteiger partial charge on any atom is -0.378 e. The minimum atomic E-state index is 0.129. The zero-order valence-electron chi connectivity index (χ0n) is 7.48. The SMILES string of the molecule is CC(C)OCC(C)(C)CN. The highest BCUT2D eigenvalue weighted by Crippen LogP contribution is 2.13. The molecule has 2 N–H and O–H groups in total. The van der Waals surface area contributed by atoms with Gasteiger partial charge in [-0.3, -0.25) is 0 Å². The first-order valence-corrected chi connectivity index (χ1v) is 3.79. The summed E-state index contributed by atoms with van der Waals surface area (Å²) in [6, 6.07) is 0. The molecular weight excluding hydrogens is 126 g/mol. The van der Waals surface area contributed by atoms with Crippen molar-refractivity contribution >= 4 is 0 Å². The topological polar surface area (TPSA) is 35.2 Å². The monoisotopic (exact) mass is 145 g/mol. The molecule has 2 heteroatoms. The first-order valence-electron chi connectivity index (χ1n) is 3.79. The summed E-state index contributed by atoms with van der Waals surface area (Å²) < 4.78 is 5.42. The van der Waals surface area contributed by atoms with Crippen molar-refractivity contribution in [3.63, 3.8) is 0 Å². The normalized spacial score (nSPS) is 12.6. The van der Waals surface area contributed by atoms with E-state index in [9.17, 15) is 0 Å². The number of hydrogen-bond acceptors (Lipinski definition) is 2. The lowest BCUT2D eigenvalue weighted by Crippen LogP contribution is -2.30. The maximum atomic E-state index is 5.51. The van der Waals surface area contributed by atoms with Crippen molar-refractivity contribution in [2.75, 3.05) is 13.2 Å². The van der Waals surface area contributed by atoms with Gasteiger partial charge >= 0.3 is 0 Å². The van der Waals surface area contributed by atoms with Gasteiger partial charge in [0.25, 0.3) is 0 Å². The molecule has 10 heavy (non-hydrogen) atoms. The zero-order valence-corrected chi connectivity index (χ0v) is 7.48. The van der Waals surface area contributed by atoms with Gasteiger partial charge in [-0.2, -0.15) is 0 Å². The third kappa shape index (κ3) is 4.77. The quantitative estimate of drug-likeness (QED) is 0.649. The van der Waals surface area contributed by atoms with E-state index in [1.165, 1.54) is 0 Å². The van der Waals surface area contributed by atoms with E-state index in [1.807, 2.05) is 13.8 Å². The molecule has 0 saturated heterocycles. The van der Waals surface area contributed by atoms with Crippen LogP contribution in [-0.4, -0.2) is 19.3 Å². The molecule has 0 aromatic carbocycles. The summed E-state index contributed by atoms with van der Waals surface area (Å²) in [5.74, 6) is 0. The summed E-state index contributed by atoms with van der Waals surface area (Å²) in [5, 5.41) is 0. The Hall–Kier alpha value is -0.0800. The summed E-state index contributed by atoms with van der Waals surface area (Å²) in [6.45, 7) is 9.71. The fourth-order valence-corrected chi connectivity index (χ4v) is 0.451. The third-order valence-corrected chi connectivity index (χ3v) is 1.36. The zero-order chi connectivity index (χ0) is 8.20. The number of ether oxygens (including phenoxy) is 1. The molecule has 0 fully saturated rings. The Kier molecular flexibility index (Phi) is 3.91. The highest BCUT2D eigenvalue weighted by atomic mass is 16.5. The van der Waals surface area contributed by atoms with Crippen LogP contribution in [0.1, 0.15) is 27.7 Å². The van der Waals surface area contributed by atoms with Gasteiger partial charge in [0.1, 0.15) is 0 Å². The van der Waals surface area contributed by atoms with Crippen molar-refractivity contribution < 1.29 is 4.74 Å². The maximum absolute atomic E-state index is 5.51. The maximum Gasteiger partial charge on any atom is 0.0532 e. The lowest BCUT2D eigenvalue weighted by molar-refractivity contribution is 0.0249. The van der Waals surface area contributed by atoms with E-state index in [4.69, 9.17) is 10.5 Å². The van der Waals surface area contributed by atoms with Crippen LogP contribution in [0, 0.1) is 5.41 Å². The summed E-state index contributed by atoms with van der Waals surface area (Å²) in [6.07, 6.45) is 0.311. The number of rotatable bonds is 4. The Morgan fingerprint density at radius 3 is 2.20 bits per heavy atom. The predicted molar refractivity (Wildman–Crippen MR) is 43.9 cm³/mol. The molecule has 0 atom stereocenters. The first kappa shape index (κ1) is 9.92. The van der Waals surface area contributed by atoms with E-state index in [-0.39, 0.29) is 5.41 Å². The minimum absolute atomic E-state index is 0.129. The molecule has 2 nitrogen and oxygen atoms in total. The second kappa shape index (κ2) is 3.94. The summed E-state index contributed by atoms with van der Waals surface area (Å²) in [7, 11) is 0. The van der Waals surface area contributed by atoms with Crippen molar-refractivity contribution in [3.8, 4) is 0 Å². The lowest BCUT2D eigenvalue weighted by Gasteiger charge is -2.23. The fraction of sp³-hybridized carbons (Fsp3) is 1.00. The van der Waals surface area contributed by atoms with Crippen LogP contribution in [-0.2, 0) is 4.74 Å². The van der Waals surface area contributed by atoms with Gasteiger partial charge in [-0.05, 0) is 20.4 Å². The van der Waals surface area contributed by atoms with Gasteiger partial charge < -0.3 is 10.5 Å². The Morgan fingerprint density at radius 2 is 1.90 bits per heavy atom.